The Bertz CT molecular complexity index is 222. The molecule has 0 atom stereocenters. The number of allylic oxidation sites excluding steroid dienone is 1. The monoisotopic (exact) mass is 198 g/mol. The molecule has 0 aliphatic heterocycles. The van der Waals surface area contributed by atoms with Crippen LogP contribution in [-0.4, -0.2) is 24.4 Å². The van der Waals surface area contributed by atoms with Crippen LogP contribution in [0.2, 0.25) is 0 Å². The minimum absolute atomic E-state index is 0.0409. The van der Waals surface area contributed by atoms with E-state index in [0.717, 1.165) is 0 Å². The molecule has 2 amide bonds. The lowest BCUT2D eigenvalue weighted by atomic mass is 10.3. The Labute approximate surface area is 84.8 Å². The highest BCUT2D eigenvalue weighted by Gasteiger charge is 2.02. The largest absolute Gasteiger partial charge is 0.354 e. The highest BCUT2D eigenvalue weighted by molar-refractivity contribution is 5.87. The van der Waals surface area contributed by atoms with Gasteiger partial charge in [0.1, 0.15) is 0 Å². The van der Waals surface area contributed by atoms with Crippen LogP contribution in [0.3, 0.4) is 0 Å². The number of carbonyl (C=O) groups excluding carboxylic acids is 2. The first-order valence-corrected chi connectivity index (χ1v) is 4.76. The Morgan fingerprint density at radius 1 is 1.36 bits per heavy atom. The van der Waals surface area contributed by atoms with Crippen LogP contribution >= 0.6 is 0 Å². The Balaban J connectivity index is 3.54. The highest BCUT2D eigenvalue weighted by Crippen LogP contribution is 1.82. The van der Waals surface area contributed by atoms with E-state index >= 15 is 0 Å². The number of nitrogens with one attached hydrogen (secondary N) is 2. The van der Waals surface area contributed by atoms with E-state index in [9.17, 15) is 9.59 Å². The lowest BCUT2D eigenvalue weighted by molar-refractivity contribution is -0.121. The van der Waals surface area contributed by atoms with Crippen molar-refractivity contribution >= 4 is 11.8 Å². The second kappa shape index (κ2) is 7.12. The van der Waals surface area contributed by atoms with E-state index in [-0.39, 0.29) is 17.9 Å². The van der Waals surface area contributed by atoms with Gasteiger partial charge in [-0.15, -0.1) is 0 Å². The summed E-state index contributed by atoms with van der Waals surface area (Å²) in [7, 11) is 0. The standard InChI is InChI=1S/C10H18N2O2/c1-4-5-9(13)11-7-6-10(14)12-8(2)3/h4-5,8H,6-7H2,1-3H3,(H,11,13)(H,12,14)/b5-4+. The van der Waals surface area contributed by atoms with E-state index in [1.54, 1.807) is 13.0 Å². The molecule has 0 radical (unpaired) electrons. The van der Waals surface area contributed by atoms with Crippen molar-refractivity contribution in [3.05, 3.63) is 12.2 Å². The van der Waals surface area contributed by atoms with Crippen molar-refractivity contribution in [2.24, 2.45) is 0 Å². The van der Waals surface area contributed by atoms with Gasteiger partial charge in [0.15, 0.2) is 0 Å². The molecule has 0 saturated carbocycles. The van der Waals surface area contributed by atoms with E-state index in [1.807, 2.05) is 13.8 Å². The third-order valence-electron chi connectivity index (χ3n) is 1.42. The normalized spacial score (nSPS) is 10.6. The number of hydrogen-bond acceptors (Lipinski definition) is 2. The van der Waals surface area contributed by atoms with Gasteiger partial charge < -0.3 is 10.6 Å². The lowest BCUT2D eigenvalue weighted by Gasteiger charge is -2.07. The fourth-order valence-corrected chi connectivity index (χ4v) is 0.904. The van der Waals surface area contributed by atoms with Crippen molar-refractivity contribution in [3.63, 3.8) is 0 Å². The molecule has 0 bridgehead atoms. The third kappa shape index (κ3) is 7.34. The summed E-state index contributed by atoms with van der Waals surface area (Å²) in [5.41, 5.74) is 0. The molecule has 0 aliphatic carbocycles. The summed E-state index contributed by atoms with van der Waals surface area (Å²) in [4.78, 5) is 22.0. The van der Waals surface area contributed by atoms with E-state index in [0.29, 0.717) is 13.0 Å². The van der Waals surface area contributed by atoms with Crippen LogP contribution in [0.25, 0.3) is 0 Å². The van der Waals surface area contributed by atoms with Crippen molar-refractivity contribution in [3.8, 4) is 0 Å². The summed E-state index contributed by atoms with van der Waals surface area (Å²) in [6.45, 7) is 5.94. The molecular weight excluding hydrogens is 180 g/mol. The summed E-state index contributed by atoms with van der Waals surface area (Å²) in [6, 6.07) is 0.147. The molecule has 0 spiro atoms. The topological polar surface area (TPSA) is 58.2 Å². The zero-order valence-electron chi connectivity index (χ0n) is 8.96. The van der Waals surface area contributed by atoms with Crippen molar-refractivity contribution in [1.29, 1.82) is 0 Å². The van der Waals surface area contributed by atoms with Crippen LogP contribution in [0, 0.1) is 0 Å². The average Bonchev–Trinajstić information content (AvgIpc) is 2.02. The van der Waals surface area contributed by atoms with Crippen LogP contribution in [0.4, 0.5) is 0 Å². The number of rotatable bonds is 5. The van der Waals surface area contributed by atoms with Gasteiger partial charge in [-0.1, -0.05) is 6.08 Å². The first-order chi connectivity index (χ1) is 6.56. The molecule has 0 rings (SSSR count). The molecule has 80 valence electrons. The maximum Gasteiger partial charge on any atom is 0.243 e. The molecular formula is C10H18N2O2. The Morgan fingerprint density at radius 3 is 2.50 bits per heavy atom. The highest BCUT2D eigenvalue weighted by atomic mass is 16.2. The van der Waals surface area contributed by atoms with Gasteiger partial charge in [0.25, 0.3) is 0 Å². The summed E-state index contributed by atoms with van der Waals surface area (Å²) >= 11 is 0. The van der Waals surface area contributed by atoms with Gasteiger partial charge in [-0.2, -0.15) is 0 Å². The summed E-state index contributed by atoms with van der Waals surface area (Å²) in [6.07, 6.45) is 3.41. The molecule has 0 aliphatic rings. The van der Waals surface area contributed by atoms with E-state index in [4.69, 9.17) is 0 Å². The second-order valence-corrected chi connectivity index (χ2v) is 3.26. The van der Waals surface area contributed by atoms with Gasteiger partial charge >= 0.3 is 0 Å². The van der Waals surface area contributed by atoms with E-state index in [2.05, 4.69) is 10.6 Å². The molecule has 2 N–H and O–H groups in total. The summed E-state index contributed by atoms with van der Waals surface area (Å²) in [5.74, 6) is -0.203. The zero-order valence-corrected chi connectivity index (χ0v) is 8.96. The molecule has 0 saturated heterocycles. The number of carbonyl (C=O) groups is 2. The van der Waals surface area contributed by atoms with Gasteiger partial charge in [0.05, 0.1) is 0 Å². The van der Waals surface area contributed by atoms with Crippen molar-refractivity contribution in [2.45, 2.75) is 33.2 Å². The average molecular weight is 198 g/mol. The summed E-state index contributed by atoms with van der Waals surface area (Å²) < 4.78 is 0. The zero-order chi connectivity index (χ0) is 11.0. The lowest BCUT2D eigenvalue weighted by Crippen LogP contribution is -2.33. The molecule has 4 heteroatoms. The molecule has 14 heavy (non-hydrogen) atoms. The van der Waals surface area contributed by atoms with Crippen LogP contribution in [-0.2, 0) is 9.59 Å². The van der Waals surface area contributed by atoms with Crippen LogP contribution in [0.15, 0.2) is 12.2 Å². The Morgan fingerprint density at radius 2 is 2.00 bits per heavy atom. The van der Waals surface area contributed by atoms with Gasteiger partial charge in [-0.3, -0.25) is 9.59 Å². The predicted octanol–water partition coefficient (Wildman–Crippen LogP) is 0.593. The molecule has 0 aromatic carbocycles. The first kappa shape index (κ1) is 12.7. The Kier molecular flexibility index (Phi) is 6.45. The van der Waals surface area contributed by atoms with E-state index in [1.165, 1.54) is 6.08 Å². The Hall–Kier alpha value is -1.32. The summed E-state index contributed by atoms with van der Waals surface area (Å²) in [5, 5.41) is 5.34. The van der Waals surface area contributed by atoms with Gasteiger partial charge in [-0.25, -0.2) is 0 Å². The molecule has 0 aromatic rings. The molecule has 0 unspecified atom stereocenters. The minimum atomic E-state index is -0.162. The van der Waals surface area contributed by atoms with Crippen molar-refractivity contribution < 1.29 is 9.59 Å². The fourth-order valence-electron chi connectivity index (χ4n) is 0.904. The maximum absolute atomic E-state index is 11.1. The molecule has 0 aromatic heterocycles. The third-order valence-corrected chi connectivity index (χ3v) is 1.42. The molecule has 0 heterocycles. The minimum Gasteiger partial charge on any atom is -0.354 e. The molecule has 4 nitrogen and oxygen atoms in total. The van der Waals surface area contributed by atoms with Gasteiger partial charge in [-0.05, 0) is 26.8 Å². The number of amides is 2. The van der Waals surface area contributed by atoms with Crippen LogP contribution in [0.5, 0.6) is 0 Å². The smallest absolute Gasteiger partial charge is 0.243 e. The maximum atomic E-state index is 11.1. The van der Waals surface area contributed by atoms with Gasteiger partial charge in [0.2, 0.25) is 11.8 Å². The van der Waals surface area contributed by atoms with Crippen molar-refractivity contribution in [1.82, 2.24) is 10.6 Å². The second-order valence-electron chi connectivity index (χ2n) is 3.26. The van der Waals surface area contributed by atoms with E-state index < -0.39 is 0 Å². The quantitative estimate of drug-likeness (QED) is 0.635. The predicted molar refractivity (Wildman–Crippen MR) is 55.7 cm³/mol. The van der Waals surface area contributed by atoms with Crippen molar-refractivity contribution in [2.75, 3.05) is 6.54 Å². The SMILES string of the molecule is C/C=C/C(=O)NCCC(=O)NC(C)C. The first-order valence-electron chi connectivity index (χ1n) is 4.76. The van der Waals surface area contributed by atoms with Gasteiger partial charge in [0, 0.05) is 19.0 Å². The van der Waals surface area contributed by atoms with Crippen LogP contribution in [0.1, 0.15) is 27.2 Å². The molecule has 0 fully saturated rings. The number of hydrogen-bond donors (Lipinski definition) is 2. The van der Waals surface area contributed by atoms with Crippen LogP contribution < -0.4 is 10.6 Å². The fraction of sp³-hybridized carbons (Fsp3) is 0.600.